The molecule has 0 aromatic carbocycles. The molecule has 7 nitrogen and oxygen atoms in total. The number of ether oxygens (including phenoxy) is 1. The van der Waals surface area contributed by atoms with E-state index >= 15 is 0 Å². The molecule has 0 saturated carbocycles. The second kappa shape index (κ2) is 8.94. The Hall–Kier alpha value is -2.07. The third kappa shape index (κ3) is 4.60. The lowest BCUT2D eigenvalue weighted by Gasteiger charge is -2.11. The van der Waals surface area contributed by atoms with Crippen molar-refractivity contribution < 1.29 is 4.74 Å². The van der Waals surface area contributed by atoms with Crippen LogP contribution in [0.5, 0.6) is 0 Å². The van der Waals surface area contributed by atoms with Gasteiger partial charge in [-0.3, -0.25) is 9.36 Å². The minimum absolute atomic E-state index is 0.0155. The van der Waals surface area contributed by atoms with Crippen LogP contribution in [0.3, 0.4) is 0 Å². The number of nitrogens with zero attached hydrogens (tertiary/aromatic N) is 3. The molecular weight excluding hydrogens is 246 g/mol. The maximum atomic E-state index is 12.0. The summed E-state index contributed by atoms with van der Waals surface area (Å²) in [6, 6.07) is 1.87. The van der Waals surface area contributed by atoms with Crippen LogP contribution in [-0.2, 0) is 17.7 Å². The number of hydrogen-bond acceptors (Lipinski definition) is 6. The second-order valence-corrected chi connectivity index (χ2v) is 3.32. The highest BCUT2D eigenvalue weighted by atomic mass is 16.5. The number of hydrogen-bond donors (Lipinski definition) is 2. The molecule has 1 aromatic rings. The molecular formula is C12H21N5O2. The highest BCUT2D eigenvalue weighted by molar-refractivity contribution is 5.43. The molecule has 0 atom stereocenters. The average molecular weight is 267 g/mol. The molecule has 0 unspecified atom stereocenters. The summed E-state index contributed by atoms with van der Waals surface area (Å²) in [7, 11) is 0. The van der Waals surface area contributed by atoms with Gasteiger partial charge in [0, 0.05) is 6.61 Å². The molecule has 1 rings (SSSR count). The molecule has 0 bridgehead atoms. The minimum atomic E-state index is -0.378. The van der Waals surface area contributed by atoms with Gasteiger partial charge in [0.25, 0.3) is 5.56 Å². The lowest BCUT2D eigenvalue weighted by atomic mass is 10.2. The largest absolute Gasteiger partial charge is 0.383 e. The molecule has 4 N–H and O–H groups in total. The molecule has 1 heterocycles. The van der Waals surface area contributed by atoms with E-state index in [4.69, 9.17) is 21.5 Å². The van der Waals surface area contributed by atoms with E-state index in [-0.39, 0.29) is 29.3 Å². The molecule has 0 spiro atoms. The predicted octanol–water partition coefficient (Wildman–Crippen LogP) is 0.536. The van der Waals surface area contributed by atoms with Crippen LogP contribution < -0.4 is 17.0 Å². The highest BCUT2D eigenvalue weighted by Crippen LogP contribution is 2.06. The number of nitrogen functional groups attached to an aromatic ring is 2. The van der Waals surface area contributed by atoms with Gasteiger partial charge in [0.2, 0.25) is 5.95 Å². The zero-order chi connectivity index (χ0) is 14.8. The number of aromatic nitrogens is 2. The van der Waals surface area contributed by atoms with Crippen molar-refractivity contribution in [3.63, 3.8) is 0 Å². The topological polar surface area (TPSA) is 120 Å². The van der Waals surface area contributed by atoms with Gasteiger partial charge < -0.3 is 16.2 Å². The Labute approximate surface area is 112 Å². The SMILES string of the molecule is CC.CCOCCn1c(N)nc(N)c(CC#N)c1=O. The maximum absolute atomic E-state index is 12.0. The Morgan fingerprint density at radius 1 is 1.42 bits per heavy atom. The summed E-state index contributed by atoms with van der Waals surface area (Å²) in [6.07, 6.45) is -0.0768. The molecule has 0 amide bonds. The summed E-state index contributed by atoms with van der Waals surface area (Å²) in [5, 5.41) is 8.61. The summed E-state index contributed by atoms with van der Waals surface area (Å²) in [4.78, 5) is 15.8. The molecule has 0 fully saturated rings. The molecule has 7 heteroatoms. The van der Waals surface area contributed by atoms with Crippen molar-refractivity contribution in [1.29, 1.82) is 5.26 Å². The molecule has 1 aromatic heterocycles. The van der Waals surface area contributed by atoms with Gasteiger partial charge >= 0.3 is 0 Å². The fourth-order valence-corrected chi connectivity index (χ4v) is 1.39. The van der Waals surface area contributed by atoms with E-state index in [2.05, 4.69) is 4.98 Å². The zero-order valence-corrected chi connectivity index (χ0v) is 11.6. The van der Waals surface area contributed by atoms with Crippen molar-refractivity contribution in [2.75, 3.05) is 24.7 Å². The first-order chi connectivity index (χ1) is 9.11. The molecule has 0 radical (unpaired) electrons. The molecule has 0 aliphatic rings. The van der Waals surface area contributed by atoms with Crippen LogP contribution in [-0.4, -0.2) is 22.8 Å². The quantitative estimate of drug-likeness (QED) is 0.751. The van der Waals surface area contributed by atoms with Crippen molar-refractivity contribution in [1.82, 2.24) is 9.55 Å². The Bertz CT molecular complexity index is 490. The standard InChI is InChI=1S/C10H15N5O2.C2H6/c1-2-17-6-5-15-9(16)7(3-4-11)8(12)14-10(15)13;1-2/h2-3,5-6,12H2,1H3,(H2,13,14);1-2H3. The van der Waals surface area contributed by atoms with E-state index in [1.54, 1.807) is 0 Å². The highest BCUT2D eigenvalue weighted by Gasteiger charge is 2.12. The monoisotopic (exact) mass is 267 g/mol. The van der Waals surface area contributed by atoms with E-state index < -0.39 is 0 Å². The Kier molecular flexibility index (Phi) is 7.97. The fourth-order valence-electron chi connectivity index (χ4n) is 1.39. The third-order valence-electron chi connectivity index (χ3n) is 2.24. The Balaban J connectivity index is 0.00000154. The number of nitriles is 1. The van der Waals surface area contributed by atoms with Crippen LogP contribution in [0, 0.1) is 11.3 Å². The van der Waals surface area contributed by atoms with E-state index in [0.717, 1.165) is 0 Å². The van der Waals surface area contributed by atoms with Gasteiger partial charge in [-0.05, 0) is 6.92 Å². The molecule has 0 saturated heterocycles. The first kappa shape index (κ1) is 16.9. The lowest BCUT2D eigenvalue weighted by Crippen LogP contribution is -2.30. The number of rotatable bonds is 5. The first-order valence-electron chi connectivity index (χ1n) is 6.21. The van der Waals surface area contributed by atoms with E-state index in [1.807, 2.05) is 26.8 Å². The summed E-state index contributed by atoms with van der Waals surface area (Å²) >= 11 is 0. The summed E-state index contributed by atoms with van der Waals surface area (Å²) in [5.74, 6) is 0.0515. The smallest absolute Gasteiger partial charge is 0.261 e. The van der Waals surface area contributed by atoms with Crippen LogP contribution >= 0.6 is 0 Å². The third-order valence-corrected chi connectivity index (χ3v) is 2.24. The minimum Gasteiger partial charge on any atom is -0.383 e. The summed E-state index contributed by atoms with van der Waals surface area (Å²) in [6.45, 7) is 7.07. The van der Waals surface area contributed by atoms with Gasteiger partial charge in [-0.25, -0.2) is 0 Å². The van der Waals surface area contributed by atoms with Gasteiger partial charge in [-0.2, -0.15) is 10.2 Å². The van der Waals surface area contributed by atoms with Crippen LogP contribution in [0.4, 0.5) is 11.8 Å². The van der Waals surface area contributed by atoms with E-state index in [1.165, 1.54) is 4.57 Å². The van der Waals surface area contributed by atoms with Gasteiger partial charge in [-0.15, -0.1) is 0 Å². The Morgan fingerprint density at radius 3 is 2.58 bits per heavy atom. The van der Waals surface area contributed by atoms with Crippen molar-refractivity contribution in [2.45, 2.75) is 33.7 Å². The number of nitrogens with two attached hydrogens (primary N) is 2. The van der Waals surface area contributed by atoms with Gasteiger partial charge in [-0.1, -0.05) is 13.8 Å². The van der Waals surface area contributed by atoms with E-state index in [0.29, 0.717) is 19.8 Å². The van der Waals surface area contributed by atoms with E-state index in [9.17, 15) is 4.79 Å². The van der Waals surface area contributed by atoms with Crippen LogP contribution in [0.1, 0.15) is 26.3 Å². The first-order valence-corrected chi connectivity index (χ1v) is 6.21. The van der Waals surface area contributed by atoms with Gasteiger partial charge in [0.1, 0.15) is 5.82 Å². The lowest BCUT2D eigenvalue weighted by molar-refractivity contribution is 0.138. The number of anilines is 2. The summed E-state index contributed by atoms with van der Waals surface area (Å²) < 4.78 is 6.40. The molecule has 0 aliphatic carbocycles. The predicted molar refractivity (Wildman–Crippen MR) is 74.5 cm³/mol. The normalized spacial score (nSPS) is 9.37. The van der Waals surface area contributed by atoms with Crippen LogP contribution in [0.25, 0.3) is 0 Å². The molecule has 19 heavy (non-hydrogen) atoms. The van der Waals surface area contributed by atoms with Crippen LogP contribution in [0.2, 0.25) is 0 Å². The van der Waals surface area contributed by atoms with Crippen molar-refractivity contribution >= 4 is 11.8 Å². The van der Waals surface area contributed by atoms with Crippen molar-refractivity contribution in [3.05, 3.63) is 15.9 Å². The summed E-state index contributed by atoms with van der Waals surface area (Å²) in [5.41, 5.74) is 10.9. The maximum Gasteiger partial charge on any atom is 0.261 e. The second-order valence-electron chi connectivity index (χ2n) is 3.32. The molecule has 106 valence electrons. The van der Waals surface area contributed by atoms with Gasteiger partial charge in [0.15, 0.2) is 0 Å². The van der Waals surface area contributed by atoms with Crippen LogP contribution in [0.15, 0.2) is 4.79 Å². The Morgan fingerprint density at radius 2 is 2.05 bits per heavy atom. The van der Waals surface area contributed by atoms with Crippen molar-refractivity contribution in [3.8, 4) is 6.07 Å². The van der Waals surface area contributed by atoms with Gasteiger partial charge in [0.05, 0.1) is 31.2 Å². The average Bonchev–Trinajstić information content (AvgIpc) is 2.41. The zero-order valence-electron chi connectivity index (χ0n) is 11.6. The molecule has 0 aliphatic heterocycles. The van der Waals surface area contributed by atoms with Crippen molar-refractivity contribution in [2.24, 2.45) is 0 Å². The fraction of sp³-hybridized carbons (Fsp3) is 0.583.